The Labute approximate surface area is 273 Å². The number of hydrogen-bond acceptors (Lipinski definition) is 6. The lowest BCUT2D eigenvalue weighted by Gasteiger charge is -2.20. The molecule has 1 atom stereocenters. The maximum absolute atomic E-state index is 12.7. The van der Waals surface area contributed by atoms with Crippen LogP contribution in [-0.2, 0) is 9.53 Å². The number of unbranched alkanes of at least 4 members (excludes halogenated alkanes) is 1. The number of ether oxygens (including phenoxy) is 3. The Morgan fingerprint density at radius 1 is 0.717 bits per heavy atom. The standard InChI is InChI=1S/C38H49N3O5/c1-26(2)21-24-44-32-19-17-27-12-6-8-14-29(27)34(32)35-30-15-9-7-13-28(30)18-20-33(35)45-25-23-40-36(42)31(39)16-10-11-22-41-37(43)46-38(3,4)5/h6-9,12-15,17-20,26,31H,10-11,16,21-25,39H2,1-5H3,(H,40,42)(H,41,43)/t31-/m1/s1. The highest BCUT2D eigenvalue weighted by atomic mass is 16.6. The predicted molar refractivity (Wildman–Crippen MR) is 186 cm³/mol. The van der Waals surface area contributed by atoms with Crippen molar-refractivity contribution in [1.29, 1.82) is 0 Å². The minimum absolute atomic E-state index is 0.225. The highest BCUT2D eigenvalue weighted by Gasteiger charge is 2.20. The predicted octanol–water partition coefficient (Wildman–Crippen LogP) is 7.60. The first-order valence-electron chi connectivity index (χ1n) is 16.3. The molecule has 0 unspecified atom stereocenters. The van der Waals surface area contributed by atoms with Crippen molar-refractivity contribution >= 4 is 33.5 Å². The molecule has 0 bridgehead atoms. The summed E-state index contributed by atoms with van der Waals surface area (Å²) in [5, 5.41) is 10.0. The molecule has 4 aromatic carbocycles. The minimum atomic E-state index is -0.640. The van der Waals surface area contributed by atoms with Crippen LogP contribution in [0.2, 0.25) is 0 Å². The van der Waals surface area contributed by atoms with Crippen LogP contribution in [-0.4, -0.2) is 49.9 Å². The topological polar surface area (TPSA) is 112 Å². The molecule has 2 amide bonds. The van der Waals surface area contributed by atoms with Crippen molar-refractivity contribution in [3.05, 3.63) is 72.8 Å². The van der Waals surface area contributed by atoms with Gasteiger partial charge in [-0.05, 0) is 86.1 Å². The molecule has 0 aliphatic rings. The van der Waals surface area contributed by atoms with E-state index in [9.17, 15) is 9.59 Å². The fourth-order valence-electron chi connectivity index (χ4n) is 5.26. The average Bonchev–Trinajstić information content (AvgIpc) is 3.01. The molecule has 0 aliphatic carbocycles. The number of alkyl carbamates (subject to hydrolysis) is 1. The van der Waals surface area contributed by atoms with Gasteiger partial charge in [-0.2, -0.15) is 0 Å². The Morgan fingerprint density at radius 3 is 1.85 bits per heavy atom. The molecule has 8 heteroatoms. The first-order chi connectivity index (χ1) is 22.0. The third-order valence-corrected chi connectivity index (χ3v) is 7.59. The molecule has 0 aliphatic heterocycles. The monoisotopic (exact) mass is 627 g/mol. The third kappa shape index (κ3) is 9.85. The summed E-state index contributed by atoms with van der Waals surface area (Å²) < 4.78 is 18.0. The van der Waals surface area contributed by atoms with E-state index in [-0.39, 0.29) is 12.5 Å². The molecule has 0 fully saturated rings. The number of fused-ring (bicyclic) bond motifs is 2. The van der Waals surface area contributed by atoms with E-state index in [0.29, 0.717) is 44.9 Å². The van der Waals surface area contributed by atoms with Crippen LogP contribution in [0.1, 0.15) is 60.3 Å². The largest absolute Gasteiger partial charge is 0.493 e. The van der Waals surface area contributed by atoms with E-state index < -0.39 is 17.7 Å². The molecule has 0 heterocycles. The van der Waals surface area contributed by atoms with Crippen LogP contribution < -0.4 is 25.8 Å². The lowest BCUT2D eigenvalue weighted by Crippen LogP contribution is -2.42. The highest BCUT2D eigenvalue weighted by Crippen LogP contribution is 2.45. The summed E-state index contributed by atoms with van der Waals surface area (Å²) in [4.78, 5) is 24.5. The van der Waals surface area contributed by atoms with Crippen molar-refractivity contribution in [3.8, 4) is 22.6 Å². The molecule has 0 saturated carbocycles. The summed E-state index contributed by atoms with van der Waals surface area (Å²) in [6, 6.07) is 24.2. The molecular formula is C38H49N3O5. The Balaban J connectivity index is 1.42. The van der Waals surface area contributed by atoms with Gasteiger partial charge in [-0.1, -0.05) is 74.5 Å². The molecule has 246 valence electrons. The summed E-state index contributed by atoms with van der Waals surface area (Å²) >= 11 is 0. The molecular weight excluding hydrogens is 578 g/mol. The fraction of sp³-hybridized carbons (Fsp3) is 0.421. The normalized spacial score (nSPS) is 12.2. The molecule has 0 radical (unpaired) electrons. The Hall–Kier alpha value is -4.30. The molecule has 4 N–H and O–H groups in total. The van der Waals surface area contributed by atoms with Gasteiger partial charge in [-0.15, -0.1) is 0 Å². The van der Waals surface area contributed by atoms with Gasteiger partial charge in [0.2, 0.25) is 5.91 Å². The van der Waals surface area contributed by atoms with Crippen LogP contribution >= 0.6 is 0 Å². The van der Waals surface area contributed by atoms with Crippen LogP contribution in [0, 0.1) is 5.92 Å². The number of nitrogens with two attached hydrogens (primary N) is 1. The summed E-state index contributed by atoms with van der Waals surface area (Å²) in [5.41, 5.74) is 7.58. The average molecular weight is 628 g/mol. The second kappa shape index (κ2) is 16.3. The lowest BCUT2D eigenvalue weighted by atomic mass is 9.92. The van der Waals surface area contributed by atoms with Crippen LogP contribution in [0.5, 0.6) is 11.5 Å². The number of carbonyl (C=O) groups excluding carboxylic acids is 2. The summed E-state index contributed by atoms with van der Waals surface area (Å²) in [6.07, 6.45) is 2.42. The molecule has 8 nitrogen and oxygen atoms in total. The van der Waals surface area contributed by atoms with Crippen molar-refractivity contribution < 1.29 is 23.8 Å². The van der Waals surface area contributed by atoms with Gasteiger partial charge < -0.3 is 30.6 Å². The van der Waals surface area contributed by atoms with E-state index in [1.54, 1.807) is 0 Å². The summed E-state index contributed by atoms with van der Waals surface area (Å²) in [5.74, 6) is 1.85. The van der Waals surface area contributed by atoms with Crippen molar-refractivity contribution in [1.82, 2.24) is 10.6 Å². The second-order valence-electron chi connectivity index (χ2n) is 13.0. The van der Waals surface area contributed by atoms with Gasteiger partial charge in [-0.3, -0.25) is 4.79 Å². The zero-order valence-electron chi connectivity index (χ0n) is 27.9. The number of benzene rings is 4. The van der Waals surface area contributed by atoms with Crippen LogP contribution in [0.3, 0.4) is 0 Å². The maximum atomic E-state index is 12.7. The molecule has 0 spiro atoms. The zero-order chi connectivity index (χ0) is 33.1. The van der Waals surface area contributed by atoms with Crippen LogP contribution in [0.25, 0.3) is 32.7 Å². The third-order valence-electron chi connectivity index (χ3n) is 7.59. The summed E-state index contributed by atoms with van der Waals surface area (Å²) in [6.45, 7) is 11.5. The van der Waals surface area contributed by atoms with E-state index >= 15 is 0 Å². The van der Waals surface area contributed by atoms with Crippen molar-refractivity contribution in [2.75, 3.05) is 26.3 Å². The van der Waals surface area contributed by atoms with Gasteiger partial charge >= 0.3 is 6.09 Å². The highest BCUT2D eigenvalue weighted by molar-refractivity contribution is 6.09. The molecule has 0 aromatic heterocycles. The van der Waals surface area contributed by atoms with Crippen LogP contribution in [0.15, 0.2) is 72.8 Å². The van der Waals surface area contributed by atoms with Gasteiger partial charge in [0.05, 0.1) is 19.2 Å². The molecule has 0 saturated heterocycles. The summed E-state index contributed by atoms with van der Waals surface area (Å²) in [7, 11) is 0. The molecule has 4 rings (SSSR count). The minimum Gasteiger partial charge on any atom is -0.493 e. The quantitative estimate of drug-likeness (QED) is 0.117. The van der Waals surface area contributed by atoms with Crippen LogP contribution in [0.4, 0.5) is 4.79 Å². The number of hydrogen-bond donors (Lipinski definition) is 3. The van der Waals surface area contributed by atoms with E-state index in [4.69, 9.17) is 19.9 Å². The Kier molecular flexibility index (Phi) is 12.3. The van der Waals surface area contributed by atoms with Gasteiger partial charge in [-0.25, -0.2) is 4.79 Å². The fourth-order valence-corrected chi connectivity index (χ4v) is 5.26. The van der Waals surface area contributed by atoms with Crippen molar-refractivity contribution in [3.63, 3.8) is 0 Å². The zero-order valence-corrected chi connectivity index (χ0v) is 27.9. The van der Waals surface area contributed by atoms with E-state index in [0.717, 1.165) is 50.6 Å². The smallest absolute Gasteiger partial charge is 0.407 e. The number of nitrogens with one attached hydrogen (secondary N) is 2. The number of amides is 2. The Morgan fingerprint density at radius 2 is 1.28 bits per heavy atom. The first-order valence-corrected chi connectivity index (χ1v) is 16.3. The number of carbonyl (C=O) groups is 2. The number of rotatable bonds is 15. The van der Waals surface area contributed by atoms with E-state index in [1.165, 1.54) is 0 Å². The SMILES string of the molecule is CC(C)CCOc1ccc2ccccc2c1-c1c(OCCNC(=O)[C@H](N)CCCCNC(=O)OC(C)(C)C)ccc2ccccc12. The second-order valence-corrected chi connectivity index (χ2v) is 13.0. The van der Waals surface area contributed by atoms with Gasteiger partial charge in [0.25, 0.3) is 0 Å². The Bertz CT molecular complexity index is 1610. The van der Waals surface area contributed by atoms with Gasteiger partial charge in [0.15, 0.2) is 0 Å². The maximum Gasteiger partial charge on any atom is 0.407 e. The van der Waals surface area contributed by atoms with Gasteiger partial charge in [0, 0.05) is 17.7 Å². The first kappa shape index (κ1) is 34.6. The molecule has 4 aromatic rings. The van der Waals surface area contributed by atoms with Gasteiger partial charge in [0.1, 0.15) is 23.7 Å². The van der Waals surface area contributed by atoms with E-state index in [1.807, 2.05) is 51.1 Å². The van der Waals surface area contributed by atoms with Crippen molar-refractivity contribution in [2.45, 2.75) is 71.9 Å². The molecule has 46 heavy (non-hydrogen) atoms. The lowest BCUT2D eigenvalue weighted by molar-refractivity contribution is -0.122. The van der Waals surface area contributed by atoms with Crippen molar-refractivity contribution in [2.24, 2.45) is 11.7 Å². The van der Waals surface area contributed by atoms with E-state index in [2.05, 4.69) is 66.9 Å².